The first-order valence-electron chi connectivity index (χ1n) is 11.2. The second-order valence-corrected chi connectivity index (χ2v) is 7.57. The molecule has 2 rings (SSSR count). The van der Waals surface area contributed by atoms with Crippen LogP contribution in [0.2, 0.25) is 0 Å². The molecule has 6 heteroatoms. The molecule has 1 fully saturated rings. The van der Waals surface area contributed by atoms with Crippen LogP contribution < -0.4 is 20.1 Å². The standard InChI is InChI=1S/C23H40N4O2/c1-5-24-23(26-17-20-11-9-15-27(6-2)18-20)25-14-8-10-19-12-13-21(28-4)22(16-19)29-7-3/h12-13,16,20H,5-11,14-15,17-18H2,1-4H3,(H2,24,25,26). The van der Waals surface area contributed by atoms with E-state index in [4.69, 9.17) is 14.5 Å². The third-order valence-corrected chi connectivity index (χ3v) is 5.36. The van der Waals surface area contributed by atoms with Crippen LogP contribution in [0.1, 0.15) is 45.6 Å². The SMILES string of the molecule is CCNC(=NCC1CCCN(CC)C1)NCCCc1ccc(OC)c(OCC)c1. The fourth-order valence-electron chi connectivity index (χ4n) is 3.79. The summed E-state index contributed by atoms with van der Waals surface area (Å²) in [6.45, 7) is 13.2. The minimum atomic E-state index is 0.640. The van der Waals surface area contributed by atoms with Crippen molar-refractivity contribution in [3.05, 3.63) is 23.8 Å². The van der Waals surface area contributed by atoms with Crippen LogP contribution in [0, 0.1) is 5.92 Å². The number of nitrogens with zero attached hydrogens (tertiary/aromatic N) is 2. The quantitative estimate of drug-likeness (QED) is 0.337. The van der Waals surface area contributed by atoms with Crippen molar-refractivity contribution < 1.29 is 9.47 Å². The number of benzene rings is 1. The Labute approximate surface area is 177 Å². The molecule has 29 heavy (non-hydrogen) atoms. The Bertz CT molecular complexity index is 621. The van der Waals surface area contributed by atoms with Gasteiger partial charge in [0.25, 0.3) is 0 Å². The van der Waals surface area contributed by atoms with Crippen LogP contribution in [0.4, 0.5) is 0 Å². The number of rotatable bonds is 11. The molecule has 0 spiro atoms. The summed E-state index contributed by atoms with van der Waals surface area (Å²) in [6.07, 6.45) is 4.61. The van der Waals surface area contributed by atoms with Crippen LogP contribution in [0.3, 0.4) is 0 Å². The fourth-order valence-corrected chi connectivity index (χ4v) is 3.79. The molecular formula is C23H40N4O2. The molecular weight excluding hydrogens is 364 g/mol. The van der Waals surface area contributed by atoms with Crippen LogP contribution in [0.25, 0.3) is 0 Å². The highest BCUT2D eigenvalue weighted by Gasteiger charge is 2.18. The van der Waals surface area contributed by atoms with Crippen molar-refractivity contribution in [2.45, 2.75) is 46.5 Å². The molecule has 0 saturated carbocycles. The number of piperidine rings is 1. The normalized spacial score (nSPS) is 17.8. The first-order valence-corrected chi connectivity index (χ1v) is 11.2. The zero-order chi connectivity index (χ0) is 20.9. The molecule has 0 amide bonds. The van der Waals surface area contributed by atoms with E-state index in [0.717, 1.165) is 56.5 Å². The molecule has 1 aliphatic heterocycles. The molecule has 2 N–H and O–H groups in total. The lowest BCUT2D eigenvalue weighted by Gasteiger charge is -2.31. The highest BCUT2D eigenvalue weighted by Crippen LogP contribution is 2.28. The van der Waals surface area contributed by atoms with Crippen molar-refractivity contribution in [2.24, 2.45) is 10.9 Å². The van der Waals surface area contributed by atoms with E-state index < -0.39 is 0 Å². The topological polar surface area (TPSA) is 58.1 Å². The van der Waals surface area contributed by atoms with Crippen molar-refractivity contribution in [3.8, 4) is 11.5 Å². The van der Waals surface area contributed by atoms with E-state index in [1.165, 1.54) is 31.5 Å². The van der Waals surface area contributed by atoms with E-state index in [-0.39, 0.29) is 0 Å². The Balaban J connectivity index is 1.79. The Morgan fingerprint density at radius 2 is 2.07 bits per heavy atom. The Kier molecular flexibility index (Phi) is 10.7. The Hall–Kier alpha value is -1.95. The van der Waals surface area contributed by atoms with E-state index in [9.17, 15) is 0 Å². The first kappa shape index (κ1) is 23.3. The summed E-state index contributed by atoms with van der Waals surface area (Å²) in [6, 6.07) is 6.19. The second-order valence-electron chi connectivity index (χ2n) is 7.57. The Morgan fingerprint density at radius 1 is 1.21 bits per heavy atom. The van der Waals surface area contributed by atoms with Gasteiger partial charge in [-0.05, 0) is 76.2 Å². The van der Waals surface area contributed by atoms with Crippen molar-refractivity contribution in [2.75, 3.05) is 53.0 Å². The van der Waals surface area contributed by atoms with Gasteiger partial charge >= 0.3 is 0 Å². The molecule has 1 heterocycles. The van der Waals surface area contributed by atoms with Gasteiger partial charge in [-0.3, -0.25) is 4.99 Å². The average Bonchev–Trinajstić information content (AvgIpc) is 2.75. The number of nitrogens with one attached hydrogen (secondary N) is 2. The van der Waals surface area contributed by atoms with Gasteiger partial charge in [0, 0.05) is 26.2 Å². The third-order valence-electron chi connectivity index (χ3n) is 5.36. The maximum absolute atomic E-state index is 5.68. The van der Waals surface area contributed by atoms with Crippen LogP contribution >= 0.6 is 0 Å². The van der Waals surface area contributed by atoms with Gasteiger partial charge in [-0.1, -0.05) is 13.0 Å². The minimum absolute atomic E-state index is 0.640. The summed E-state index contributed by atoms with van der Waals surface area (Å²) in [5.41, 5.74) is 1.26. The molecule has 164 valence electrons. The molecule has 0 aromatic heterocycles. The third kappa shape index (κ3) is 8.13. The lowest BCUT2D eigenvalue weighted by atomic mass is 9.98. The summed E-state index contributed by atoms with van der Waals surface area (Å²) in [5.74, 6) is 3.23. The van der Waals surface area contributed by atoms with Gasteiger partial charge < -0.3 is 25.0 Å². The predicted octanol–water partition coefficient (Wildman–Crippen LogP) is 3.31. The van der Waals surface area contributed by atoms with E-state index >= 15 is 0 Å². The highest BCUT2D eigenvalue weighted by molar-refractivity contribution is 5.79. The van der Waals surface area contributed by atoms with Crippen molar-refractivity contribution in [1.82, 2.24) is 15.5 Å². The number of guanidine groups is 1. The molecule has 6 nitrogen and oxygen atoms in total. The van der Waals surface area contributed by atoms with Gasteiger partial charge in [0.1, 0.15) is 0 Å². The van der Waals surface area contributed by atoms with Gasteiger partial charge in [-0.25, -0.2) is 0 Å². The van der Waals surface area contributed by atoms with Crippen LogP contribution in [-0.2, 0) is 6.42 Å². The molecule has 1 unspecified atom stereocenters. The van der Waals surface area contributed by atoms with Gasteiger partial charge in [0.2, 0.25) is 0 Å². The van der Waals surface area contributed by atoms with Crippen LogP contribution in [0.5, 0.6) is 11.5 Å². The molecule has 1 atom stereocenters. The fraction of sp³-hybridized carbons (Fsp3) is 0.696. The first-order chi connectivity index (χ1) is 14.2. The highest BCUT2D eigenvalue weighted by atomic mass is 16.5. The van der Waals surface area contributed by atoms with Crippen molar-refractivity contribution in [1.29, 1.82) is 0 Å². The molecule has 1 saturated heterocycles. The van der Waals surface area contributed by atoms with Crippen molar-refractivity contribution >= 4 is 5.96 Å². The zero-order valence-corrected chi connectivity index (χ0v) is 18.8. The lowest BCUT2D eigenvalue weighted by Crippen LogP contribution is -2.40. The molecule has 0 bridgehead atoms. The van der Waals surface area contributed by atoms with Crippen molar-refractivity contribution in [3.63, 3.8) is 0 Å². The van der Waals surface area contributed by atoms with E-state index in [1.54, 1.807) is 7.11 Å². The minimum Gasteiger partial charge on any atom is -0.493 e. The van der Waals surface area contributed by atoms with Crippen LogP contribution in [0.15, 0.2) is 23.2 Å². The summed E-state index contributed by atoms with van der Waals surface area (Å²) in [4.78, 5) is 7.38. The van der Waals surface area contributed by atoms with E-state index in [2.05, 4.69) is 41.5 Å². The number of aliphatic imine (C=N–C) groups is 1. The molecule has 1 aliphatic rings. The zero-order valence-electron chi connectivity index (χ0n) is 18.8. The maximum atomic E-state index is 5.68. The molecule has 1 aromatic carbocycles. The van der Waals surface area contributed by atoms with Gasteiger partial charge in [-0.2, -0.15) is 0 Å². The number of hydrogen-bond acceptors (Lipinski definition) is 4. The second kappa shape index (κ2) is 13.3. The monoisotopic (exact) mass is 404 g/mol. The summed E-state index contributed by atoms with van der Waals surface area (Å²) in [5, 5.41) is 6.86. The summed E-state index contributed by atoms with van der Waals surface area (Å²) in [7, 11) is 1.68. The maximum Gasteiger partial charge on any atom is 0.191 e. The predicted molar refractivity (Wildman–Crippen MR) is 121 cm³/mol. The number of aryl methyl sites for hydroxylation is 1. The molecule has 0 radical (unpaired) electrons. The van der Waals surface area contributed by atoms with Gasteiger partial charge in [-0.15, -0.1) is 0 Å². The van der Waals surface area contributed by atoms with E-state index in [1.807, 2.05) is 13.0 Å². The summed E-state index contributed by atoms with van der Waals surface area (Å²) < 4.78 is 11.0. The smallest absolute Gasteiger partial charge is 0.191 e. The lowest BCUT2D eigenvalue weighted by molar-refractivity contribution is 0.186. The summed E-state index contributed by atoms with van der Waals surface area (Å²) >= 11 is 0. The Morgan fingerprint density at radius 3 is 2.79 bits per heavy atom. The number of likely N-dealkylation sites (tertiary alicyclic amines) is 1. The number of ether oxygens (including phenoxy) is 2. The van der Waals surface area contributed by atoms with E-state index in [0.29, 0.717) is 12.5 Å². The average molecular weight is 405 g/mol. The molecule has 0 aliphatic carbocycles. The van der Waals surface area contributed by atoms with Gasteiger partial charge in [0.05, 0.1) is 13.7 Å². The largest absolute Gasteiger partial charge is 0.493 e. The van der Waals surface area contributed by atoms with Gasteiger partial charge in [0.15, 0.2) is 17.5 Å². The van der Waals surface area contributed by atoms with Crippen LogP contribution in [-0.4, -0.2) is 63.8 Å². The molecule has 1 aromatic rings. The number of hydrogen-bond donors (Lipinski definition) is 2. The number of methoxy groups -OCH3 is 1.